The maximum Gasteiger partial charge on any atom is 0.264 e. The van der Waals surface area contributed by atoms with E-state index in [-0.39, 0.29) is 12.5 Å². The number of nitrogens with zero attached hydrogens (tertiary/aromatic N) is 2. The smallest absolute Gasteiger partial charge is 0.264 e. The van der Waals surface area contributed by atoms with Gasteiger partial charge in [-0.25, -0.2) is 4.98 Å². The number of nitrogens with one attached hydrogen (secondary N) is 1. The van der Waals surface area contributed by atoms with E-state index in [1.54, 1.807) is 12.1 Å². The molecule has 0 aliphatic carbocycles. The summed E-state index contributed by atoms with van der Waals surface area (Å²) in [6, 6.07) is 14.9. The monoisotopic (exact) mass is 441 g/mol. The fourth-order valence-electron chi connectivity index (χ4n) is 2.70. The molecular weight excluding hydrogens is 414 g/mol. The molecule has 7 nitrogen and oxygen atoms in total. The normalized spacial score (nSPS) is 10.7. The molecule has 31 heavy (non-hydrogen) atoms. The fourth-order valence-corrected chi connectivity index (χ4v) is 3.43. The summed E-state index contributed by atoms with van der Waals surface area (Å²) in [6.45, 7) is 3.83. The number of anilines is 1. The molecule has 0 spiro atoms. The van der Waals surface area contributed by atoms with Crippen molar-refractivity contribution in [3.63, 3.8) is 0 Å². The lowest BCUT2D eigenvalue weighted by molar-refractivity contribution is -0.118. The number of rotatable bonds is 11. The second-order valence-electron chi connectivity index (χ2n) is 6.93. The summed E-state index contributed by atoms with van der Waals surface area (Å²) in [7, 11) is 4.01. The van der Waals surface area contributed by atoms with Gasteiger partial charge in [0.2, 0.25) is 0 Å². The van der Waals surface area contributed by atoms with Gasteiger partial charge in [-0.1, -0.05) is 12.1 Å². The first kappa shape index (κ1) is 22.6. The molecule has 0 radical (unpaired) electrons. The standard InChI is InChI=1S/C23H27N3O4S/c1-4-28-17-9-11-18(12-10-17)30-15-22(27)25-23-24-20(16-31-23)19-7-5-6-8-21(19)29-14-13-26(2)3/h5-12,16H,4,13-15H2,1-3H3,(H,24,25,27). The highest BCUT2D eigenvalue weighted by Gasteiger charge is 2.12. The van der Waals surface area contributed by atoms with Gasteiger partial charge in [0.25, 0.3) is 5.91 Å². The first-order valence-electron chi connectivity index (χ1n) is 10.0. The van der Waals surface area contributed by atoms with Crippen molar-refractivity contribution in [2.45, 2.75) is 6.92 Å². The van der Waals surface area contributed by atoms with Crippen molar-refractivity contribution >= 4 is 22.4 Å². The molecular formula is C23H27N3O4S. The maximum atomic E-state index is 12.2. The maximum absolute atomic E-state index is 12.2. The molecule has 0 saturated carbocycles. The highest BCUT2D eigenvalue weighted by atomic mass is 32.1. The minimum atomic E-state index is -0.273. The lowest BCUT2D eigenvalue weighted by Crippen LogP contribution is -2.20. The number of aromatic nitrogens is 1. The van der Waals surface area contributed by atoms with Crippen LogP contribution in [0.4, 0.5) is 5.13 Å². The second-order valence-corrected chi connectivity index (χ2v) is 7.79. The van der Waals surface area contributed by atoms with Crippen LogP contribution in [0.5, 0.6) is 17.2 Å². The molecule has 8 heteroatoms. The van der Waals surface area contributed by atoms with Crippen molar-refractivity contribution in [2.75, 3.05) is 45.8 Å². The minimum absolute atomic E-state index is 0.104. The Balaban J connectivity index is 1.55. The number of benzene rings is 2. The number of carbonyl (C=O) groups excluding carboxylic acids is 1. The Bertz CT molecular complexity index is 973. The highest BCUT2D eigenvalue weighted by Crippen LogP contribution is 2.32. The van der Waals surface area contributed by atoms with Crippen LogP contribution in [0.15, 0.2) is 53.9 Å². The minimum Gasteiger partial charge on any atom is -0.494 e. The first-order valence-corrected chi connectivity index (χ1v) is 10.9. The van der Waals surface area contributed by atoms with Crippen LogP contribution in [0.25, 0.3) is 11.3 Å². The largest absolute Gasteiger partial charge is 0.494 e. The van der Waals surface area contributed by atoms with Gasteiger partial charge in [-0.2, -0.15) is 0 Å². The molecule has 0 unspecified atom stereocenters. The molecule has 164 valence electrons. The molecule has 0 aliphatic heterocycles. The van der Waals surface area contributed by atoms with E-state index in [9.17, 15) is 4.79 Å². The van der Waals surface area contributed by atoms with E-state index in [0.29, 0.717) is 24.1 Å². The average molecular weight is 442 g/mol. The van der Waals surface area contributed by atoms with Crippen molar-refractivity contribution < 1.29 is 19.0 Å². The molecule has 1 amide bonds. The number of ether oxygens (including phenoxy) is 3. The molecule has 0 bridgehead atoms. The SMILES string of the molecule is CCOc1ccc(OCC(=O)Nc2nc(-c3ccccc3OCCN(C)C)cs2)cc1. The van der Waals surface area contributed by atoms with E-state index in [2.05, 4.69) is 15.2 Å². The number of thiazole rings is 1. The zero-order chi connectivity index (χ0) is 22.1. The van der Waals surface area contributed by atoms with Crippen LogP contribution in [-0.2, 0) is 4.79 Å². The second kappa shape index (κ2) is 11.3. The van der Waals surface area contributed by atoms with Gasteiger partial charge >= 0.3 is 0 Å². The van der Waals surface area contributed by atoms with Crippen LogP contribution in [-0.4, -0.2) is 56.3 Å². The van der Waals surface area contributed by atoms with Crippen LogP contribution >= 0.6 is 11.3 Å². The lowest BCUT2D eigenvalue weighted by atomic mass is 10.1. The summed E-state index contributed by atoms with van der Waals surface area (Å²) in [5.41, 5.74) is 1.65. The zero-order valence-corrected chi connectivity index (χ0v) is 18.8. The Hall–Kier alpha value is -3.10. The quantitative estimate of drug-likeness (QED) is 0.482. The zero-order valence-electron chi connectivity index (χ0n) is 18.0. The number of para-hydroxylation sites is 1. The third-order valence-electron chi connectivity index (χ3n) is 4.21. The third-order valence-corrected chi connectivity index (χ3v) is 4.97. The number of likely N-dealkylation sites (N-methyl/N-ethyl adjacent to an activating group) is 1. The van der Waals surface area contributed by atoms with Crippen LogP contribution in [0.1, 0.15) is 6.92 Å². The molecule has 3 rings (SSSR count). The van der Waals surface area contributed by atoms with Gasteiger partial charge in [0.1, 0.15) is 23.9 Å². The van der Waals surface area contributed by atoms with E-state index in [4.69, 9.17) is 14.2 Å². The van der Waals surface area contributed by atoms with Gasteiger partial charge in [0.15, 0.2) is 11.7 Å². The van der Waals surface area contributed by atoms with Crippen molar-refractivity contribution in [1.29, 1.82) is 0 Å². The van der Waals surface area contributed by atoms with Gasteiger partial charge < -0.3 is 19.1 Å². The summed E-state index contributed by atoms with van der Waals surface area (Å²) in [5.74, 6) is 1.86. The van der Waals surface area contributed by atoms with E-state index in [1.165, 1.54) is 11.3 Å². The van der Waals surface area contributed by atoms with Gasteiger partial charge in [0.05, 0.1) is 12.3 Å². The highest BCUT2D eigenvalue weighted by molar-refractivity contribution is 7.14. The summed E-state index contributed by atoms with van der Waals surface area (Å²) in [6.07, 6.45) is 0. The number of amides is 1. The fraction of sp³-hybridized carbons (Fsp3) is 0.304. The Labute approximate surface area is 186 Å². The summed E-state index contributed by atoms with van der Waals surface area (Å²) in [5, 5.41) is 5.20. The van der Waals surface area contributed by atoms with Gasteiger partial charge in [-0.3, -0.25) is 10.1 Å². The summed E-state index contributed by atoms with van der Waals surface area (Å²) in [4.78, 5) is 18.8. The predicted octanol–water partition coefficient (Wildman–Crippen LogP) is 4.17. The molecule has 1 heterocycles. The molecule has 0 saturated heterocycles. The van der Waals surface area contributed by atoms with E-state index < -0.39 is 0 Å². The molecule has 1 N–H and O–H groups in total. The summed E-state index contributed by atoms with van der Waals surface area (Å²) >= 11 is 1.36. The number of hydrogen-bond acceptors (Lipinski definition) is 7. The Morgan fingerprint density at radius 2 is 1.74 bits per heavy atom. The van der Waals surface area contributed by atoms with Crippen molar-refractivity contribution in [3.8, 4) is 28.5 Å². The first-order chi connectivity index (χ1) is 15.0. The molecule has 3 aromatic rings. The average Bonchev–Trinajstić information content (AvgIpc) is 3.22. The molecule has 0 atom stereocenters. The lowest BCUT2D eigenvalue weighted by Gasteiger charge is -2.13. The number of carbonyl (C=O) groups is 1. The molecule has 0 fully saturated rings. The van der Waals surface area contributed by atoms with Crippen LogP contribution in [0.2, 0.25) is 0 Å². The van der Waals surface area contributed by atoms with E-state index in [0.717, 1.165) is 29.3 Å². The molecule has 1 aromatic heterocycles. The molecule has 2 aromatic carbocycles. The van der Waals surface area contributed by atoms with Gasteiger partial charge in [0, 0.05) is 17.5 Å². The van der Waals surface area contributed by atoms with Crippen molar-refractivity contribution in [3.05, 3.63) is 53.9 Å². The van der Waals surface area contributed by atoms with Crippen molar-refractivity contribution in [2.24, 2.45) is 0 Å². The van der Waals surface area contributed by atoms with Gasteiger partial charge in [-0.15, -0.1) is 11.3 Å². The summed E-state index contributed by atoms with van der Waals surface area (Å²) < 4.78 is 16.8. The number of hydrogen-bond donors (Lipinski definition) is 1. The topological polar surface area (TPSA) is 72.9 Å². The third kappa shape index (κ3) is 6.97. The predicted molar refractivity (Wildman–Crippen MR) is 123 cm³/mol. The van der Waals surface area contributed by atoms with Crippen LogP contribution < -0.4 is 19.5 Å². The van der Waals surface area contributed by atoms with Crippen LogP contribution in [0, 0.1) is 0 Å². The van der Waals surface area contributed by atoms with Crippen LogP contribution in [0.3, 0.4) is 0 Å². The molecule has 0 aliphatic rings. The van der Waals surface area contributed by atoms with E-state index >= 15 is 0 Å². The van der Waals surface area contributed by atoms with Crippen molar-refractivity contribution in [1.82, 2.24) is 9.88 Å². The van der Waals surface area contributed by atoms with E-state index in [1.807, 2.05) is 62.8 Å². The Morgan fingerprint density at radius 1 is 1.03 bits per heavy atom. The van der Waals surface area contributed by atoms with Gasteiger partial charge in [-0.05, 0) is 57.4 Å². The Kier molecular flexibility index (Phi) is 8.26. The Morgan fingerprint density at radius 3 is 2.45 bits per heavy atom.